The van der Waals surface area contributed by atoms with E-state index >= 15 is 0 Å². The summed E-state index contributed by atoms with van der Waals surface area (Å²) in [5.74, 6) is 0.911. The second-order valence-electron chi connectivity index (χ2n) is 6.36. The predicted molar refractivity (Wildman–Crippen MR) is 89.4 cm³/mol. The highest BCUT2D eigenvalue weighted by Crippen LogP contribution is 2.31. The summed E-state index contributed by atoms with van der Waals surface area (Å²) in [6.45, 7) is 5.41. The fourth-order valence-electron chi connectivity index (χ4n) is 3.21. The third kappa shape index (κ3) is 4.19. The minimum absolute atomic E-state index is 0.163. The molecule has 2 rings (SSSR count). The van der Waals surface area contributed by atoms with Crippen molar-refractivity contribution in [3.8, 4) is 11.5 Å². The lowest BCUT2D eigenvalue weighted by molar-refractivity contribution is -0.137. The number of piperidine rings is 1. The van der Waals surface area contributed by atoms with E-state index in [4.69, 9.17) is 14.2 Å². The van der Waals surface area contributed by atoms with Crippen LogP contribution in [0.3, 0.4) is 0 Å². The molecule has 6 heteroatoms. The van der Waals surface area contributed by atoms with Gasteiger partial charge < -0.3 is 19.1 Å². The van der Waals surface area contributed by atoms with Crippen LogP contribution in [0.4, 0.5) is 0 Å². The van der Waals surface area contributed by atoms with E-state index in [2.05, 4.69) is 13.8 Å². The first-order valence-corrected chi connectivity index (χ1v) is 8.12. The van der Waals surface area contributed by atoms with Gasteiger partial charge in [-0.05, 0) is 30.4 Å². The van der Waals surface area contributed by atoms with Crippen molar-refractivity contribution in [2.24, 2.45) is 11.8 Å². The van der Waals surface area contributed by atoms with Crippen molar-refractivity contribution in [3.05, 3.63) is 23.8 Å². The molecule has 6 nitrogen and oxygen atoms in total. The van der Waals surface area contributed by atoms with Gasteiger partial charge in [0.05, 0.1) is 14.2 Å². The third-order valence-electron chi connectivity index (χ3n) is 4.17. The zero-order chi connectivity index (χ0) is 17.7. The van der Waals surface area contributed by atoms with Crippen molar-refractivity contribution in [2.45, 2.75) is 20.3 Å². The Morgan fingerprint density at radius 1 is 1.12 bits per heavy atom. The van der Waals surface area contributed by atoms with Gasteiger partial charge in [0.2, 0.25) is 0 Å². The van der Waals surface area contributed by atoms with Gasteiger partial charge in [0, 0.05) is 13.1 Å². The van der Waals surface area contributed by atoms with Gasteiger partial charge in [-0.3, -0.25) is 4.79 Å². The van der Waals surface area contributed by atoms with E-state index in [-0.39, 0.29) is 18.1 Å². The fourth-order valence-corrected chi connectivity index (χ4v) is 3.21. The molecule has 1 aromatic carbocycles. The number of carbonyl (C=O) groups is 2. The molecule has 1 heterocycles. The van der Waals surface area contributed by atoms with Crippen LogP contribution >= 0.6 is 0 Å². The molecular weight excluding hydrogens is 310 g/mol. The van der Waals surface area contributed by atoms with E-state index in [1.807, 2.05) is 0 Å². The van der Waals surface area contributed by atoms with Gasteiger partial charge in [0.15, 0.2) is 18.1 Å². The number of hydrogen-bond acceptors (Lipinski definition) is 5. The average Bonchev–Trinajstić information content (AvgIpc) is 2.57. The van der Waals surface area contributed by atoms with Crippen LogP contribution in [0.25, 0.3) is 0 Å². The SMILES string of the molecule is COc1cccc(C(=O)OCC(=O)N2C[C@@H](C)C[C@H](C)C2)c1OC. The lowest BCUT2D eigenvalue weighted by atomic mass is 9.92. The molecule has 0 radical (unpaired) electrons. The largest absolute Gasteiger partial charge is 0.493 e. The quantitative estimate of drug-likeness (QED) is 0.773. The molecule has 0 unspecified atom stereocenters. The standard InChI is InChI=1S/C18H25NO5/c1-12-8-13(2)10-19(9-12)16(20)11-24-18(21)14-6-5-7-15(22-3)17(14)23-4/h5-7,12-13H,8-11H2,1-4H3/t12-,13-/m0/s1. The molecule has 1 aliphatic heterocycles. The lowest BCUT2D eigenvalue weighted by Crippen LogP contribution is -2.44. The number of para-hydroxylation sites is 1. The molecule has 0 spiro atoms. The van der Waals surface area contributed by atoms with E-state index < -0.39 is 5.97 Å². The van der Waals surface area contributed by atoms with Crippen LogP contribution in [-0.2, 0) is 9.53 Å². The number of ether oxygens (including phenoxy) is 3. The van der Waals surface area contributed by atoms with Crippen molar-refractivity contribution in [1.82, 2.24) is 4.90 Å². The lowest BCUT2D eigenvalue weighted by Gasteiger charge is -2.34. The Balaban J connectivity index is 1.99. The predicted octanol–water partition coefficient (Wildman–Crippen LogP) is 2.37. The first-order chi connectivity index (χ1) is 11.5. The summed E-state index contributed by atoms with van der Waals surface area (Å²) in [6, 6.07) is 4.95. The smallest absolute Gasteiger partial charge is 0.342 e. The molecule has 24 heavy (non-hydrogen) atoms. The Morgan fingerprint density at radius 2 is 1.79 bits per heavy atom. The van der Waals surface area contributed by atoms with Crippen LogP contribution in [0.1, 0.15) is 30.6 Å². The molecule has 1 saturated heterocycles. The molecule has 1 aromatic rings. The number of methoxy groups -OCH3 is 2. The maximum absolute atomic E-state index is 12.3. The van der Waals surface area contributed by atoms with Gasteiger partial charge in [-0.2, -0.15) is 0 Å². The molecular formula is C18H25NO5. The van der Waals surface area contributed by atoms with Crippen molar-refractivity contribution < 1.29 is 23.8 Å². The van der Waals surface area contributed by atoms with Crippen LogP contribution in [0, 0.1) is 11.8 Å². The number of hydrogen-bond donors (Lipinski definition) is 0. The fraction of sp³-hybridized carbons (Fsp3) is 0.556. The van der Waals surface area contributed by atoms with Crippen molar-refractivity contribution in [3.63, 3.8) is 0 Å². The summed E-state index contributed by atoms with van der Waals surface area (Å²) >= 11 is 0. The molecule has 1 amide bonds. The first-order valence-electron chi connectivity index (χ1n) is 8.12. The van der Waals surface area contributed by atoms with E-state index in [0.717, 1.165) is 6.42 Å². The highest BCUT2D eigenvalue weighted by atomic mass is 16.5. The van der Waals surface area contributed by atoms with Gasteiger partial charge in [-0.15, -0.1) is 0 Å². The Hall–Kier alpha value is -2.24. The van der Waals surface area contributed by atoms with Crippen LogP contribution < -0.4 is 9.47 Å². The van der Waals surface area contributed by atoms with Gasteiger partial charge in [-0.1, -0.05) is 19.9 Å². The van der Waals surface area contributed by atoms with E-state index in [1.54, 1.807) is 23.1 Å². The third-order valence-corrected chi connectivity index (χ3v) is 4.17. The number of amides is 1. The summed E-state index contributed by atoms with van der Waals surface area (Å²) < 4.78 is 15.6. The number of carbonyl (C=O) groups excluding carboxylic acids is 2. The maximum atomic E-state index is 12.3. The molecule has 0 N–H and O–H groups in total. The van der Waals surface area contributed by atoms with Gasteiger partial charge >= 0.3 is 5.97 Å². The zero-order valence-electron chi connectivity index (χ0n) is 14.7. The molecule has 1 aliphatic rings. The van der Waals surface area contributed by atoms with E-state index in [9.17, 15) is 9.59 Å². The average molecular weight is 335 g/mol. The normalized spacial score (nSPS) is 20.4. The topological polar surface area (TPSA) is 65.1 Å². The number of benzene rings is 1. The summed E-state index contributed by atoms with van der Waals surface area (Å²) in [6.07, 6.45) is 1.12. The van der Waals surface area contributed by atoms with Crippen LogP contribution in [0.5, 0.6) is 11.5 Å². The Bertz CT molecular complexity index is 591. The van der Waals surface area contributed by atoms with Gasteiger partial charge in [-0.25, -0.2) is 4.79 Å². The Morgan fingerprint density at radius 3 is 2.38 bits per heavy atom. The Labute approximate surface area is 142 Å². The summed E-state index contributed by atoms with van der Waals surface area (Å²) in [5, 5.41) is 0. The summed E-state index contributed by atoms with van der Waals surface area (Å²) in [5.41, 5.74) is 0.241. The second kappa shape index (κ2) is 8.04. The number of rotatable bonds is 5. The monoisotopic (exact) mass is 335 g/mol. The van der Waals surface area contributed by atoms with Crippen molar-refractivity contribution >= 4 is 11.9 Å². The van der Waals surface area contributed by atoms with Crippen LogP contribution in [0.15, 0.2) is 18.2 Å². The van der Waals surface area contributed by atoms with E-state index in [1.165, 1.54) is 14.2 Å². The van der Waals surface area contributed by atoms with Gasteiger partial charge in [0.25, 0.3) is 5.91 Å². The second-order valence-corrected chi connectivity index (χ2v) is 6.36. The van der Waals surface area contributed by atoms with Gasteiger partial charge in [0.1, 0.15) is 5.56 Å². The number of likely N-dealkylation sites (tertiary alicyclic amines) is 1. The highest BCUT2D eigenvalue weighted by molar-refractivity contribution is 5.95. The number of esters is 1. The molecule has 1 fully saturated rings. The molecule has 0 bridgehead atoms. The first kappa shape index (κ1) is 18.1. The van der Waals surface area contributed by atoms with Crippen molar-refractivity contribution in [1.29, 1.82) is 0 Å². The summed E-state index contributed by atoms with van der Waals surface area (Å²) in [4.78, 5) is 26.3. The van der Waals surface area contributed by atoms with E-state index in [0.29, 0.717) is 36.4 Å². The highest BCUT2D eigenvalue weighted by Gasteiger charge is 2.26. The molecule has 0 aromatic heterocycles. The maximum Gasteiger partial charge on any atom is 0.342 e. The van der Waals surface area contributed by atoms with Crippen LogP contribution in [-0.4, -0.2) is 50.7 Å². The molecule has 132 valence electrons. The minimum Gasteiger partial charge on any atom is -0.493 e. The van der Waals surface area contributed by atoms with Crippen molar-refractivity contribution in [2.75, 3.05) is 33.9 Å². The molecule has 0 saturated carbocycles. The summed E-state index contributed by atoms with van der Waals surface area (Å²) in [7, 11) is 2.95. The van der Waals surface area contributed by atoms with Crippen LogP contribution in [0.2, 0.25) is 0 Å². The number of nitrogens with zero attached hydrogens (tertiary/aromatic N) is 1. The zero-order valence-corrected chi connectivity index (χ0v) is 14.7. The molecule has 0 aliphatic carbocycles. The minimum atomic E-state index is -0.600. The Kier molecular flexibility index (Phi) is 6.06. The molecule has 2 atom stereocenters.